The molecule has 1 amide bonds. The number of nitrogens with one attached hydrogen (secondary N) is 1. The van der Waals surface area contributed by atoms with Crippen LogP contribution < -0.4 is 11.1 Å². The highest BCUT2D eigenvalue weighted by molar-refractivity contribution is 5.86. The first-order valence-electron chi connectivity index (χ1n) is 6.99. The molecule has 0 aromatic heterocycles. The summed E-state index contributed by atoms with van der Waals surface area (Å²) in [5.74, 6) is -0.419. The van der Waals surface area contributed by atoms with Crippen molar-refractivity contribution >= 4 is 5.91 Å². The minimum atomic E-state index is -0.979. The average molecular weight is 278 g/mol. The molecule has 0 bridgehead atoms. The zero-order valence-electron chi connectivity index (χ0n) is 11.8. The van der Waals surface area contributed by atoms with Crippen molar-refractivity contribution in [2.75, 3.05) is 26.4 Å². The Morgan fingerprint density at radius 2 is 2.15 bits per heavy atom. The Morgan fingerprint density at radius 1 is 1.45 bits per heavy atom. The van der Waals surface area contributed by atoms with Crippen LogP contribution in [0.15, 0.2) is 30.3 Å². The molecule has 1 saturated heterocycles. The van der Waals surface area contributed by atoms with Crippen LogP contribution in [0.4, 0.5) is 0 Å². The molecule has 5 heteroatoms. The van der Waals surface area contributed by atoms with Crippen molar-refractivity contribution in [3.8, 4) is 0 Å². The maximum atomic E-state index is 12.1. The highest BCUT2D eigenvalue weighted by Crippen LogP contribution is 2.23. The van der Waals surface area contributed by atoms with Crippen molar-refractivity contribution in [1.82, 2.24) is 5.32 Å². The third-order valence-electron chi connectivity index (χ3n) is 3.51. The normalized spacial score (nSPS) is 18.2. The fourth-order valence-corrected chi connectivity index (χ4v) is 2.15. The summed E-state index contributed by atoms with van der Waals surface area (Å²) >= 11 is 0. The van der Waals surface area contributed by atoms with Gasteiger partial charge in [0.1, 0.15) is 11.6 Å². The molecule has 1 fully saturated rings. The smallest absolute Gasteiger partial charge is 0.244 e. The molecule has 20 heavy (non-hydrogen) atoms. The molecule has 0 saturated carbocycles. The van der Waals surface area contributed by atoms with E-state index in [0.29, 0.717) is 19.8 Å². The molecule has 1 atom stereocenters. The van der Waals surface area contributed by atoms with Crippen LogP contribution in [-0.2, 0) is 19.8 Å². The summed E-state index contributed by atoms with van der Waals surface area (Å²) in [5.41, 5.74) is 5.53. The van der Waals surface area contributed by atoms with Crippen LogP contribution in [0.1, 0.15) is 18.9 Å². The zero-order valence-corrected chi connectivity index (χ0v) is 11.8. The third kappa shape index (κ3) is 3.17. The van der Waals surface area contributed by atoms with Crippen molar-refractivity contribution in [1.29, 1.82) is 0 Å². The van der Waals surface area contributed by atoms with Gasteiger partial charge in [-0.2, -0.15) is 0 Å². The number of carbonyl (C=O) groups excluding carboxylic acids is 1. The molecule has 0 spiro atoms. The molecule has 1 aromatic carbocycles. The van der Waals surface area contributed by atoms with E-state index in [-0.39, 0.29) is 12.7 Å². The van der Waals surface area contributed by atoms with Crippen molar-refractivity contribution in [3.63, 3.8) is 0 Å². The van der Waals surface area contributed by atoms with E-state index in [1.165, 1.54) is 0 Å². The second-order valence-corrected chi connectivity index (χ2v) is 5.03. The Balaban J connectivity index is 2.20. The van der Waals surface area contributed by atoms with Gasteiger partial charge in [-0.15, -0.1) is 0 Å². The molecule has 110 valence electrons. The number of amides is 1. The lowest BCUT2D eigenvalue weighted by Crippen LogP contribution is -2.57. The van der Waals surface area contributed by atoms with Crippen molar-refractivity contribution in [2.24, 2.45) is 5.73 Å². The average Bonchev–Trinajstić information content (AvgIpc) is 2.41. The number of ether oxygens (including phenoxy) is 2. The van der Waals surface area contributed by atoms with Crippen molar-refractivity contribution in [3.05, 3.63) is 35.9 Å². The molecule has 2 rings (SSSR count). The highest BCUT2D eigenvalue weighted by Gasteiger charge is 2.39. The molecule has 0 radical (unpaired) electrons. The number of primary amides is 1. The first-order chi connectivity index (χ1) is 9.69. The fraction of sp³-hybridized carbons (Fsp3) is 0.533. The quantitative estimate of drug-likeness (QED) is 0.737. The summed E-state index contributed by atoms with van der Waals surface area (Å²) in [7, 11) is 0. The summed E-state index contributed by atoms with van der Waals surface area (Å²) in [6, 6.07) is 9.50. The molecular weight excluding hydrogens is 256 g/mol. The van der Waals surface area contributed by atoms with Gasteiger partial charge in [-0.25, -0.2) is 0 Å². The molecule has 1 aliphatic heterocycles. The molecule has 5 nitrogen and oxygen atoms in total. The van der Waals surface area contributed by atoms with Gasteiger partial charge in [0.15, 0.2) is 0 Å². The summed E-state index contributed by atoms with van der Waals surface area (Å²) in [4.78, 5) is 12.1. The van der Waals surface area contributed by atoms with E-state index in [1.807, 2.05) is 37.3 Å². The number of hydrogen-bond donors (Lipinski definition) is 2. The van der Waals surface area contributed by atoms with Crippen molar-refractivity contribution in [2.45, 2.75) is 25.0 Å². The van der Waals surface area contributed by atoms with Gasteiger partial charge in [-0.1, -0.05) is 37.3 Å². The maximum Gasteiger partial charge on any atom is 0.244 e. The predicted octanol–water partition coefficient (Wildman–Crippen LogP) is 0.782. The molecule has 1 aromatic rings. The Labute approximate surface area is 119 Å². The zero-order chi connectivity index (χ0) is 14.4. The van der Waals surface area contributed by atoms with Crippen LogP contribution in [0, 0.1) is 0 Å². The van der Waals surface area contributed by atoms with E-state index in [0.717, 1.165) is 12.0 Å². The second kappa shape index (κ2) is 6.83. The van der Waals surface area contributed by atoms with Gasteiger partial charge in [-0.3, -0.25) is 10.1 Å². The van der Waals surface area contributed by atoms with Gasteiger partial charge in [0.25, 0.3) is 0 Å². The lowest BCUT2D eigenvalue weighted by atomic mass is 9.89. The minimum absolute atomic E-state index is 0.0564. The first-order valence-corrected chi connectivity index (χ1v) is 6.99. The Kier molecular flexibility index (Phi) is 5.11. The van der Waals surface area contributed by atoms with Gasteiger partial charge in [0.2, 0.25) is 5.91 Å². The lowest BCUT2D eigenvalue weighted by molar-refractivity contribution is -0.150. The molecule has 1 heterocycles. The number of hydrogen-bond acceptors (Lipinski definition) is 4. The molecule has 0 aliphatic carbocycles. The van der Waals surface area contributed by atoms with Crippen LogP contribution in [0.5, 0.6) is 0 Å². The topological polar surface area (TPSA) is 73.6 Å². The summed E-state index contributed by atoms with van der Waals surface area (Å²) in [5, 5.41) is 3.26. The number of carbonyl (C=O) groups is 1. The maximum absolute atomic E-state index is 12.1. The van der Waals surface area contributed by atoms with Crippen LogP contribution in [0.3, 0.4) is 0 Å². The summed E-state index contributed by atoms with van der Waals surface area (Å²) in [6.45, 7) is 4.13. The van der Waals surface area contributed by atoms with Crippen LogP contribution >= 0.6 is 0 Å². The summed E-state index contributed by atoms with van der Waals surface area (Å²) in [6.07, 6.45) is 0.967. The predicted molar refractivity (Wildman–Crippen MR) is 76.2 cm³/mol. The monoisotopic (exact) mass is 278 g/mol. The van der Waals surface area contributed by atoms with E-state index in [9.17, 15) is 4.79 Å². The Hall–Kier alpha value is -1.43. The number of benzene rings is 1. The Morgan fingerprint density at radius 3 is 2.65 bits per heavy atom. The molecule has 1 unspecified atom stereocenters. The van der Waals surface area contributed by atoms with Crippen molar-refractivity contribution < 1.29 is 14.3 Å². The summed E-state index contributed by atoms with van der Waals surface area (Å²) < 4.78 is 10.9. The minimum Gasteiger partial charge on any atom is -0.376 e. The largest absolute Gasteiger partial charge is 0.376 e. The van der Waals surface area contributed by atoms with E-state index in [1.54, 1.807) is 0 Å². The standard InChI is InChI=1S/C15H22N2O3/c1-2-8-17-15(14(16)18,11-20-13-9-19-10-13)12-6-4-3-5-7-12/h3-7,13,17H,2,8-11H2,1H3,(H2,16,18). The van der Waals surface area contributed by atoms with E-state index < -0.39 is 11.4 Å². The molecule has 1 aliphatic rings. The van der Waals surface area contributed by atoms with Crippen LogP contribution in [-0.4, -0.2) is 38.4 Å². The van der Waals surface area contributed by atoms with E-state index >= 15 is 0 Å². The van der Waals surface area contributed by atoms with E-state index in [4.69, 9.17) is 15.2 Å². The van der Waals surface area contributed by atoms with Crippen LogP contribution in [0.25, 0.3) is 0 Å². The number of nitrogens with two attached hydrogens (primary N) is 1. The number of rotatable bonds is 8. The van der Waals surface area contributed by atoms with Gasteiger partial charge in [0, 0.05) is 0 Å². The second-order valence-electron chi connectivity index (χ2n) is 5.03. The lowest BCUT2D eigenvalue weighted by Gasteiger charge is -2.35. The SMILES string of the molecule is CCCNC(COC1COC1)(C(N)=O)c1ccccc1. The fourth-order valence-electron chi connectivity index (χ4n) is 2.15. The van der Waals surface area contributed by atoms with Gasteiger partial charge < -0.3 is 15.2 Å². The molecular formula is C15H22N2O3. The molecule has 3 N–H and O–H groups in total. The first kappa shape index (κ1) is 15.0. The third-order valence-corrected chi connectivity index (χ3v) is 3.51. The van der Waals surface area contributed by atoms with Gasteiger partial charge >= 0.3 is 0 Å². The van der Waals surface area contributed by atoms with Crippen LogP contribution in [0.2, 0.25) is 0 Å². The highest BCUT2D eigenvalue weighted by atomic mass is 16.6. The van der Waals surface area contributed by atoms with E-state index in [2.05, 4.69) is 5.32 Å². The Bertz CT molecular complexity index is 434. The van der Waals surface area contributed by atoms with Gasteiger partial charge in [0.05, 0.1) is 19.8 Å². The van der Waals surface area contributed by atoms with Gasteiger partial charge in [-0.05, 0) is 18.5 Å².